The van der Waals surface area contributed by atoms with Crippen LogP contribution in [0, 0.1) is 0 Å². The average Bonchev–Trinajstić information content (AvgIpc) is 2.10. The van der Waals surface area contributed by atoms with Crippen LogP contribution < -0.4 is 0 Å². The molecule has 3 saturated heterocycles. The highest BCUT2D eigenvalue weighted by Crippen LogP contribution is 2.22. The van der Waals surface area contributed by atoms with Crippen molar-refractivity contribution in [2.24, 2.45) is 0 Å². The van der Waals surface area contributed by atoms with E-state index in [1.165, 1.54) is 0 Å². The lowest BCUT2D eigenvalue weighted by atomic mass is 10.3. The van der Waals surface area contributed by atoms with Gasteiger partial charge in [0.25, 0.3) is 0 Å². The third-order valence-electron chi connectivity index (χ3n) is 2.66. The molecule has 0 N–H and O–H groups in total. The van der Waals surface area contributed by atoms with E-state index in [2.05, 4.69) is 4.90 Å². The highest BCUT2D eigenvalue weighted by molar-refractivity contribution is 6.53. The Hall–Kier alpha value is 0.0169. The van der Waals surface area contributed by atoms with E-state index in [-0.39, 0.29) is 12.2 Å². The minimum absolute atomic E-state index is 0.101. The average molecular weight is 233 g/mol. The molecule has 5 nitrogen and oxygen atoms in total. The molecule has 0 spiro atoms. The molecule has 0 aromatic rings. The second-order valence-electron chi connectivity index (χ2n) is 4.17. The van der Waals surface area contributed by atoms with E-state index in [1.807, 2.05) is 13.8 Å². The zero-order valence-corrected chi connectivity index (χ0v) is 10.6. The van der Waals surface area contributed by atoms with E-state index in [0.717, 1.165) is 19.6 Å². The van der Waals surface area contributed by atoms with E-state index in [1.54, 1.807) is 7.11 Å². The molecule has 0 amide bonds. The molecule has 3 aliphatic rings. The molecule has 3 fully saturated rings. The van der Waals surface area contributed by atoms with Gasteiger partial charge in [0, 0.05) is 26.7 Å². The molecule has 2 bridgehead atoms. The largest absolute Gasteiger partial charge is 0.680 e. The lowest BCUT2D eigenvalue weighted by molar-refractivity contribution is -0.107. The molecule has 0 aromatic carbocycles. The summed E-state index contributed by atoms with van der Waals surface area (Å²) in [7, 11) is -1.25. The number of fused-ring (bicyclic) bond motifs is 6. The summed E-state index contributed by atoms with van der Waals surface area (Å²) in [6.07, 6.45) is 0.203. The van der Waals surface area contributed by atoms with Crippen molar-refractivity contribution in [2.75, 3.05) is 33.4 Å². The molecule has 3 heterocycles. The topological polar surface area (TPSA) is 40.2 Å². The summed E-state index contributed by atoms with van der Waals surface area (Å²) in [5.74, 6) is 0. The van der Waals surface area contributed by atoms with Crippen LogP contribution in [0.15, 0.2) is 0 Å². The summed E-state index contributed by atoms with van der Waals surface area (Å²) in [6, 6.07) is 0. The molecule has 0 radical (unpaired) electrons. The van der Waals surface area contributed by atoms with Gasteiger partial charge < -0.3 is 17.7 Å². The molecule has 3 rings (SSSR count). The maximum Gasteiger partial charge on any atom is 0.680 e. The first-order valence-electron chi connectivity index (χ1n) is 5.40. The molecular formula is C9H19NO4Si. The van der Waals surface area contributed by atoms with Crippen molar-refractivity contribution in [3.8, 4) is 0 Å². The molecule has 3 aliphatic heterocycles. The van der Waals surface area contributed by atoms with Crippen molar-refractivity contribution in [3.05, 3.63) is 0 Å². The summed E-state index contributed by atoms with van der Waals surface area (Å²) in [5.41, 5.74) is 0. The highest BCUT2D eigenvalue weighted by Gasteiger charge is 2.50. The van der Waals surface area contributed by atoms with Gasteiger partial charge in [-0.15, -0.1) is 0 Å². The van der Waals surface area contributed by atoms with Crippen LogP contribution >= 0.6 is 0 Å². The number of rotatable bonds is 1. The van der Waals surface area contributed by atoms with E-state index in [4.69, 9.17) is 17.7 Å². The van der Waals surface area contributed by atoms with Gasteiger partial charge >= 0.3 is 9.05 Å². The maximum atomic E-state index is 5.80. The highest BCUT2D eigenvalue weighted by atomic mass is 28.4. The zero-order valence-electron chi connectivity index (χ0n) is 9.56. The van der Waals surface area contributed by atoms with Crippen molar-refractivity contribution < 1.29 is 17.7 Å². The third kappa shape index (κ3) is 2.58. The summed E-state index contributed by atoms with van der Waals surface area (Å²) in [6.45, 7) is 7.47. The predicted octanol–water partition coefficient (Wildman–Crippen LogP) is 0.224. The second kappa shape index (κ2) is 4.48. The van der Waals surface area contributed by atoms with Crippen molar-refractivity contribution in [3.63, 3.8) is 0 Å². The van der Waals surface area contributed by atoms with Crippen LogP contribution in [0.4, 0.5) is 0 Å². The minimum Gasteiger partial charge on any atom is -0.355 e. The molecular weight excluding hydrogens is 214 g/mol. The Bertz CT molecular complexity index is 214. The fraction of sp³-hybridized carbons (Fsp3) is 1.00. The Morgan fingerprint density at radius 3 is 2.33 bits per heavy atom. The number of nitrogens with zero attached hydrogens (tertiary/aromatic N) is 1. The molecule has 88 valence electrons. The normalized spacial score (nSPS) is 47.0. The number of hydrogen-bond acceptors (Lipinski definition) is 5. The van der Waals surface area contributed by atoms with Gasteiger partial charge in [0.15, 0.2) is 0 Å². The van der Waals surface area contributed by atoms with Gasteiger partial charge in [-0.25, -0.2) is 0 Å². The maximum absolute atomic E-state index is 5.80. The monoisotopic (exact) mass is 233 g/mol. The van der Waals surface area contributed by atoms with Gasteiger partial charge in [-0.3, -0.25) is 4.90 Å². The molecule has 15 heavy (non-hydrogen) atoms. The van der Waals surface area contributed by atoms with Crippen molar-refractivity contribution in [1.82, 2.24) is 4.90 Å². The van der Waals surface area contributed by atoms with Crippen LogP contribution in [0.3, 0.4) is 0 Å². The van der Waals surface area contributed by atoms with Crippen molar-refractivity contribution >= 4 is 9.05 Å². The van der Waals surface area contributed by atoms with Crippen LogP contribution in [-0.4, -0.2) is 59.5 Å². The fourth-order valence-electron chi connectivity index (χ4n) is 2.10. The van der Waals surface area contributed by atoms with Gasteiger partial charge in [0.05, 0.1) is 18.8 Å². The van der Waals surface area contributed by atoms with Crippen LogP contribution in [0.25, 0.3) is 0 Å². The van der Waals surface area contributed by atoms with Gasteiger partial charge in [0.2, 0.25) is 0 Å². The standard InChI is InChI=1S/C9H19NO4Si/c1-8-6-10-4-5-12-15(11-3,13-8)14-9(2)7-10/h8-9H,4-7H2,1-3H3. The fourth-order valence-corrected chi connectivity index (χ4v) is 4.08. The van der Waals surface area contributed by atoms with Crippen LogP contribution in [-0.2, 0) is 17.7 Å². The first kappa shape index (κ1) is 11.5. The predicted molar refractivity (Wildman–Crippen MR) is 56.2 cm³/mol. The summed E-state index contributed by atoms with van der Waals surface area (Å²) in [4.78, 5) is 2.31. The lowest BCUT2D eigenvalue weighted by Gasteiger charge is -2.41. The molecule has 2 atom stereocenters. The Morgan fingerprint density at radius 1 is 1.20 bits per heavy atom. The zero-order chi connectivity index (χ0) is 10.9. The van der Waals surface area contributed by atoms with E-state index in [0.29, 0.717) is 6.61 Å². The second-order valence-corrected chi connectivity index (χ2v) is 6.34. The van der Waals surface area contributed by atoms with Crippen molar-refractivity contribution in [2.45, 2.75) is 26.1 Å². The van der Waals surface area contributed by atoms with E-state index in [9.17, 15) is 0 Å². The van der Waals surface area contributed by atoms with Crippen LogP contribution in [0.2, 0.25) is 0 Å². The third-order valence-corrected chi connectivity index (χ3v) is 5.10. The molecule has 0 saturated carbocycles. The summed E-state index contributed by atoms with van der Waals surface area (Å²) < 4.78 is 22.6. The van der Waals surface area contributed by atoms with Crippen LogP contribution in [0.5, 0.6) is 0 Å². The van der Waals surface area contributed by atoms with Gasteiger partial charge in [0.1, 0.15) is 0 Å². The lowest BCUT2D eigenvalue weighted by Crippen LogP contribution is -2.60. The Labute approximate surface area is 91.7 Å². The molecule has 0 aliphatic carbocycles. The SMILES string of the molecule is CO[Si]12OCCN(CC(C)O1)CC(C)O2. The first-order valence-corrected chi connectivity index (χ1v) is 7.04. The van der Waals surface area contributed by atoms with Crippen LogP contribution in [0.1, 0.15) is 13.8 Å². The smallest absolute Gasteiger partial charge is 0.355 e. The summed E-state index contributed by atoms with van der Waals surface area (Å²) >= 11 is 0. The quantitative estimate of drug-likeness (QED) is 0.606. The Balaban J connectivity index is 2.18. The van der Waals surface area contributed by atoms with Gasteiger partial charge in [-0.05, 0) is 13.8 Å². The van der Waals surface area contributed by atoms with Crippen molar-refractivity contribution in [1.29, 1.82) is 0 Å². The summed E-state index contributed by atoms with van der Waals surface area (Å²) in [5, 5.41) is 0. The molecule has 6 heteroatoms. The molecule has 2 unspecified atom stereocenters. The molecule has 0 aromatic heterocycles. The Morgan fingerprint density at radius 2 is 1.80 bits per heavy atom. The van der Waals surface area contributed by atoms with Gasteiger partial charge in [-0.1, -0.05) is 0 Å². The minimum atomic E-state index is -2.85. The van der Waals surface area contributed by atoms with E-state index >= 15 is 0 Å². The van der Waals surface area contributed by atoms with E-state index < -0.39 is 9.05 Å². The number of hydrogen-bond donors (Lipinski definition) is 0. The van der Waals surface area contributed by atoms with Gasteiger partial charge in [-0.2, -0.15) is 0 Å². The first-order chi connectivity index (χ1) is 7.13. The Kier molecular flexibility index (Phi) is 3.44.